The molecule has 130 valence electrons. The highest BCUT2D eigenvalue weighted by Crippen LogP contribution is 2.22. The van der Waals surface area contributed by atoms with E-state index in [0.717, 1.165) is 0 Å². The summed E-state index contributed by atoms with van der Waals surface area (Å²) in [5, 5.41) is 12.0. The number of nitrogens with zero attached hydrogens (tertiary/aromatic N) is 1. The lowest BCUT2D eigenvalue weighted by atomic mass is 10.0. The van der Waals surface area contributed by atoms with E-state index < -0.39 is 5.97 Å². The molecule has 2 amide bonds. The molecule has 0 bridgehead atoms. The molecule has 2 aromatic rings. The van der Waals surface area contributed by atoms with Gasteiger partial charge in [-0.05, 0) is 29.8 Å². The first-order valence-electron chi connectivity index (χ1n) is 7.42. The van der Waals surface area contributed by atoms with Gasteiger partial charge in [0.25, 0.3) is 5.91 Å². The Kier molecular flexibility index (Phi) is 5.77. The average Bonchev–Trinajstić information content (AvgIpc) is 2.54. The van der Waals surface area contributed by atoms with Gasteiger partial charge in [-0.2, -0.15) is 0 Å². The van der Waals surface area contributed by atoms with E-state index in [-0.39, 0.29) is 28.8 Å². The first-order chi connectivity index (χ1) is 11.8. The summed E-state index contributed by atoms with van der Waals surface area (Å²) in [4.78, 5) is 36.7. The Balaban J connectivity index is 2.13. The van der Waals surface area contributed by atoms with Crippen LogP contribution in [0.15, 0.2) is 42.5 Å². The summed E-state index contributed by atoms with van der Waals surface area (Å²) < 4.78 is 0. The largest absolute Gasteiger partial charge is 0.478 e. The maximum atomic E-state index is 12.2. The summed E-state index contributed by atoms with van der Waals surface area (Å²) in [6.07, 6.45) is -0.0848. The van der Waals surface area contributed by atoms with Gasteiger partial charge in [0.1, 0.15) is 0 Å². The molecule has 0 unspecified atom stereocenters. The molecule has 6 nitrogen and oxygen atoms in total. The molecule has 0 atom stereocenters. The lowest BCUT2D eigenvalue weighted by Crippen LogP contribution is -2.22. The van der Waals surface area contributed by atoms with Crippen molar-refractivity contribution in [3.05, 3.63) is 64.2 Å². The van der Waals surface area contributed by atoms with Gasteiger partial charge in [0.05, 0.1) is 22.6 Å². The third-order valence-corrected chi connectivity index (χ3v) is 3.80. The van der Waals surface area contributed by atoms with E-state index in [0.29, 0.717) is 16.8 Å². The molecule has 25 heavy (non-hydrogen) atoms. The minimum atomic E-state index is -1.09. The van der Waals surface area contributed by atoms with Crippen LogP contribution in [-0.4, -0.2) is 41.9 Å². The van der Waals surface area contributed by atoms with Gasteiger partial charge in [-0.15, -0.1) is 0 Å². The highest BCUT2D eigenvalue weighted by Gasteiger charge is 2.15. The van der Waals surface area contributed by atoms with Crippen molar-refractivity contribution in [3.8, 4) is 0 Å². The predicted octanol–water partition coefficient (Wildman–Crippen LogP) is 2.92. The van der Waals surface area contributed by atoms with Crippen LogP contribution in [0, 0.1) is 0 Å². The molecule has 0 saturated heterocycles. The third-order valence-electron chi connectivity index (χ3n) is 3.49. The predicted molar refractivity (Wildman–Crippen MR) is 95.2 cm³/mol. The van der Waals surface area contributed by atoms with Gasteiger partial charge in [0, 0.05) is 19.8 Å². The van der Waals surface area contributed by atoms with E-state index in [2.05, 4.69) is 5.32 Å². The number of benzene rings is 2. The van der Waals surface area contributed by atoms with E-state index in [1.165, 1.54) is 23.1 Å². The smallest absolute Gasteiger partial charge is 0.335 e. The molecular weight excluding hydrogens is 344 g/mol. The first-order valence-corrected chi connectivity index (χ1v) is 7.79. The monoisotopic (exact) mass is 360 g/mol. The van der Waals surface area contributed by atoms with Crippen LogP contribution in [0.25, 0.3) is 0 Å². The standard InChI is InChI=1S/C18H17ClN2O4/c1-21(2)17(23)14-8-7-12(10-15(14)19)20-16(22)9-11-5-3-4-6-13(11)18(24)25/h3-8,10H,9H2,1-2H3,(H,20,22)(H,24,25). The van der Waals surface area contributed by atoms with Crippen molar-refractivity contribution < 1.29 is 19.5 Å². The lowest BCUT2D eigenvalue weighted by molar-refractivity contribution is -0.115. The number of halogens is 1. The number of hydrogen-bond donors (Lipinski definition) is 2. The van der Waals surface area contributed by atoms with Crippen LogP contribution in [-0.2, 0) is 11.2 Å². The molecule has 0 radical (unpaired) electrons. The van der Waals surface area contributed by atoms with Crippen molar-refractivity contribution in [1.29, 1.82) is 0 Å². The van der Waals surface area contributed by atoms with Gasteiger partial charge in [0.15, 0.2) is 0 Å². The second-order valence-electron chi connectivity index (χ2n) is 5.58. The molecule has 0 aromatic heterocycles. The Morgan fingerprint density at radius 1 is 1.08 bits per heavy atom. The normalized spacial score (nSPS) is 10.2. The van der Waals surface area contributed by atoms with Crippen molar-refractivity contribution >= 4 is 35.1 Å². The molecule has 0 saturated carbocycles. The third kappa shape index (κ3) is 4.58. The van der Waals surface area contributed by atoms with Crippen molar-refractivity contribution in [3.63, 3.8) is 0 Å². The molecule has 7 heteroatoms. The number of carbonyl (C=O) groups is 3. The topological polar surface area (TPSA) is 86.7 Å². The van der Waals surface area contributed by atoms with Gasteiger partial charge in [0.2, 0.25) is 5.91 Å². The number of amides is 2. The van der Waals surface area contributed by atoms with E-state index in [9.17, 15) is 14.4 Å². The number of nitrogens with one attached hydrogen (secondary N) is 1. The quantitative estimate of drug-likeness (QED) is 0.858. The fourth-order valence-electron chi connectivity index (χ4n) is 2.27. The van der Waals surface area contributed by atoms with Gasteiger partial charge < -0.3 is 15.3 Å². The number of hydrogen-bond acceptors (Lipinski definition) is 3. The summed E-state index contributed by atoms with van der Waals surface area (Å²) in [5.41, 5.74) is 1.26. The highest BCUT2D eigenvalue weighted by atomic mass is 35.5. The minimum Gasteiger partial charge on any atom is -0.478 e. The van der Waals surface area contributed by atoms with Crippen LogP contribution in [0.2, 0.25) is 5.02 Å². The van der Waals surface area contributed by atoms with Gasteiger partial charge >= 0.3 is 5.97 Å². The van der Waals surface area contributed by atoms with Crippen molar-refractivity contribution in [2.45, 2.75) is 6.42 Å². The lowest BCUT2D eigenvalue weighted by Gasteiger charge is -2.13. The fourth-order valence-corrected chi connectivity index (χ4v) is 2.53. The SMILES string of the molecule is CN(C)C(=O)c1ccc(NC(=O)Cc2ccccc2C(=O)O)cc1Cl. The van der Waals surface area contributed by atoms with Crippen molar-refractivity contribution in [2.24, 2.45) is 0 Å². The van der Waals surface area contributed by atoms with Crippen LogP contribution in [0.1, 0.15) is 26.3 Å². The van der Waals surface area contributed by atoms with Gasteiger partial charge in [-0.25, -0.2) is 4.79 Å². The summed E-state index contributed by atoms with van der Waals surface area (Å²) in [6, 6.07) is 10.9. The first kappa shape index (κ1) is 18.5. The summed E-state index contributed by atoms with van der Waals surface area (Å²) >= 11 is 6.10. The number of carbonyl (C=O) groups excluding carboxylic acids is 2. The molecule has 2 N–H and O–H groups in total. The van der Waals surface area contributed by atoms with Crippen LogP contribution in [0.3, 0.4) is 0 Å². The highest BCUT2D eigenvalue weighted by molar-refractivity contribution is 6.34. The number of aromatic carboxylic acids is 1. The molecule has 0 aliphatic rings. The Hall–Kier alpha value is -2.86. The molecule has 0 aliphatic heterocycles. The number of anilines is 1. The average molecular weight is 361 g/mol. The number of carboxylic acids is 1. The molecule has 0 aliphatic carbocycles. The van der Waals surface area contributed by atoms with Crippen LogP contribution in [0.4, 0.5) is 5.69 Å². The molecule has 0 spiro atoms. The molecular formula is C18H17ClN2O4. The molecule has 0 heterocycles. The maximum Gasteiger partial charge on any atom is 0.335 e. The van der Waals surface area contributed by atoms with Gasteiger partial charge in [-0.1, -0.05) is 29.8 Å². The fraction of sp³-hybridized carbons (Fsp3) is 0.167. The van der Waals surface area contributed by atoms with E-state index in [1.807, 2.05) is 0 Å². The Labute approximate surface area is 150 Å². The van der Waals surface area contributed by atoms with Gasteiger partial charge in [-0.3, -0.25) is 9.59 Å². The Bertz CT molecular complexity index is 834. The second kappa shape index (κ2) is 7.81. The van der Waals surface area contributed by atoms with Crippen LogP contribution >= 0.6 is 11.6 Å². The summed E-state index contributed by atoms with van der Waals surface area (Å²) in [5.74, 6) is -1.70. The zero-order valence-corrected chi connectivity index (χ0v) is 14.5. The summed E-state index contributed by atoms with van der Waals surface area (Å²) in [6.45, 7) is 0. The van der Waals surface area contributed by atoms with E-state index in [4.69, 9.17) is 16.7 Å². The molecule has 2 rings (SSSR count). The van der Waals surface area contributed by atoms with E-state index >= 15 is 0 Å². The van der Waals surface area contributed by atoms with E-state index in [1.54, 1.807) is 38.4 Å². The van der Waals surface area contributed by atoms with Crippen molar-refractivity contribution in [1.82, 2.24) is 4.90 Å². The zero-order valence-electron chi connectivity index (χ0n) is 13.7. The second-order valence-corrected chi connectivity index (χ2v) is 5.99. The summed E-state index contributed by atoms with van der Waals surface area (Å²) in [7, 11) is 3.24. The molecule has 2 aromatic carbocycles. The minimum absolute atomic E-state index is 0.0848. The Morgan fingerprint density at radius 3 is 2.36 bits per heavy atom. The van der Waals surface area contributed by atoms with Crippen molar-refractivity contribution in [2.75, 3.05) is 19.4 Å². The zero-order chi connectivity index (χ0) is 18.6. The maximum absolute atomic E-state index is 12.2. The van der Waals surface area contributed by atoms with Crippen LogP contribution < -0.4 is 5.32 Å². The van der Waals surface area contributed by atoms with Crippen LogP contribution in [0.5, 0.6) is 0 Å². The number of carboxylic acid groups (broad SMARTS) is 1. The number of rotatable bonds is 5. The molecule has 0 fully saturated rings. The Morgan fingerprint density at radius 2 is 1.76 bits per heavy atom.